The molecule has 0 spiro atoms. The van der Waals surface area contributed by atoms with E-state index in [-0.39, 0.29) is 17.7 Å². The van der Waals surface area contributed by atoms with Gasteiger partial charge in [0.15, 0.2) is 0 Å². The third kappa shape index (κ3) is 6.60. The largest absolute Gasteiger partial charge is 0.344 e. The lowest BCUT2D eigenvalue weighted by atomic mass is 10.2. The molecule has 116 valence electrons. The van der Waals surface area contributed by atoms with Crippen LogP contribution in [0.2, 0.25) is 0 Å². The molecule has 0 fully saturated rings. The van der Waals surface area contributed by atoms with Gasteiger partial charge in [0, 0.05) is 6.54 Å². The second-order valence-electron chi connectivity index (χ2n) is 4.96. The van der Waals surface area contributed by atoms with Crippen molar-refractivity contribution in [2.75, 3.05) is 19.6 Å². The van der Waals surface area contributed by atoms with E-state index in [2.05, 4.69) is 45.9 Å². The van der Waals surface area contributed by atoms with Gasteiger partial charge in [-0.1, -0.05) is 31.5 Å². The predicted octanol–water partition coefficient (Wildman–Crippen LogP) is 0.149. The molecular formula is C13H22N6OS. The number of terminal acetylenes is 1. The van der Waals surface area contributed by atoms with E-state index >= 15 is 0 Å². The molecule has 0 aromatic carbocycles. The number of hydrogen-bond acceptors (Lipinski definition) is 6. The molecule has 1 amide bonds. The Balaban J connectivity index is 2.44. The van der Waals surface area contributed by atoms with Crippen LogP contribution in [0, 0.1) is 18.3 Å². The molecular weight excluding hydrogens is 288 g/mol. The van der Waals surface area contributed by atoms with Crippen molar-refractivity contribution >= 4 is 17.7 Å². The van der Waals surface area contributed by atoms with E-state index in [0.29, 0.717) is 17.6 Å². The van der Waals surface area contributed by atoms with Crippen molar-refractivity contribution in [2.45, 2.75) is 37.7 Å². The second-order valence-corrected chi connectivity index (χ2v) is 6.27. The molecule has 1 atom stereocenters. The van der Waals surface area contributed by atoms with Crippen LogP contribution in [0.3, 0.4) is 0 Å². The van der Waals surface area contributed by atoms with Crippen LogP contribution in [-0.4, -0.2) is 51.0 Å². The molecule has 1 rings (SSSR count). The number of rotatable bonds is 9. The van der Waals surface area contributed by atoms with Gasteiger partial charge in [0.05, 0.1) is 18.3 Å². The standard InChI is InChI=1S/C13H22N6OS/c1-5-6-15-12(20)11(4)21-13-16-17-18-19(13)8-7-14-9-10(2)3/h1,10-11,14H,6-9H2,2-4H3,(H,15,20). The summed E-state index contributed by atoms with van der Waals surface area (Å²) in [6, 6.07) is 0. The lowest BCUT2D eigenvalue weighted by Crippen LogP contribution is -2.31. The van der Waals surface area contributed by atoms with Gasteiger partial charge in [-0.05, 0) is 29.8 Å². The molecule has 1 aromatic heterocycles. The molecule has 1 heterocycles. The zero-order chi connectivity index (χ0) is 15.7. The van der Waals surface area contributed by atoms with Crippen LogP contribution in [0.1, 0.15) is 20.8 Å². The molecule has 0 aliphatic carbocycles. The van der Waals surface area contributed by atoms with E-state index < -0.39 is 0 Å². The van der Waals surface area contributed by atoms with E-state index in [0.717, 1.165) is 13.1 Å². The predicted molar refractivity (Wildman–Crippen MR) is 82.7 cm³/mol. The minimum absolute atomic E-state index is 0.120. The van der Waals surface area contributed by atoms with Gasteiger partial charge in [0.25, 0.3) is 0 Å². The maximum Gasteiger partial charge on any atom is 0.234 e. The Bertz CT molecular complexity index is 481. The van der Waals surface area contributed by atoms with Gasteiger partial charge in [-0.2, -0.15) is 0 Å². The third-order valence-electron chi connectivity index (χ3n) is 2.57. The Morgan fingerprint density at radius 2 is 2.24 bits per heavy atom. The summed E-state index contributed by atoms with van der Waals surface area (Å²) in [4.78, 5) is 11.8. The summed E-state index contributed by atoms with van der Waals surface area (Å²) in [5.41, 5.74) is 0. The Hall–Kier alpha value is -1.59. The number of tetrazole rings is 1. The van der Waals surface area contributed by atoms with E-state index in [4.69, 9.17) is 6.42 Å². The first-order valence-corrected chi connectivity index (χ1v) is 7.77. The van der Waals surface area contributed by atoms with E-state index in [9.17, 15) is 4.79 Å². The van der Waals surface area contributed by atoms with Crippen LogP contribution in [0.15, 0.2) is 5.16 Å². The van der Waals surface area contributed by atoms with Gasteiger partial charge < -0.3 is 10.6 Å². The number of carbonyl (C=O) groups excluding carboxylic acids is 1. The maximum atomic E-state index is 11.8. The highest BCUT2D eigenvalue weighted by molar-refractivity contribution is 8.00. The molecule has 0 aliphatic rings. The summed E-state index contributed by atoms with van der Waals surface area (Å²) in [6.07, 6.45) is 5.11. The molecule has 0 bridgehead atoms. The maximum absolute atomic E-state index is 11.8. The Labute approximate surface area is 129 Å². The zero-order valence-corrected chi connectivity index (χ0v) is 13.5. The molecule has 0 saturated heterocycles. The Morgan fingerprint density at radius 3 is 2.90 bits per heavy atom. The summed E-state index contributed by atoms with van der Waals surface area (Å²) in [5, 5.41) is 17.8. The molecule has 1 unspecified atom stereocenters. The Morgan fingerprint density at radius 1 is 1.48 bits per heavy atom. The van der Waals surface area contributed by atoms with Crippen LogP contribution >= 0.6 is 11.8 Å². The van der Waals surface area contributed by atoms with Crippen LogP contribution < -0.4 is 10.6 Å². The first-order valence-electron chi connectivity index (χ1n) is 6.89. The second kappa shape index (κ2) is 9.37. The number of hydrogen-bond donors (Lipinski definition) is 2. The van der Waals surface area contributed by atoms with E-state index in [1.54, 1.807) is 11.6 Å². The van der Waals surface area contributed by atoms with E-state index in [1.165, 1.54) is 11.8 Å². The van der Waals surface area contributed by atoms with Crippen molar-refractivity contribution in [2.24, 2.45) is 5.92 Å². The molecule has 0 saturated carbocycles. The first kappa shape index (κ1) is 17.5. The highest BCUT2D eigenvalue weighted by Crippen LogP contribution is 2.19. The van der Waals surface area contributed by atoms with Gasteiger partial charge in [0.1, 0.15) is 0 Å². The van der Waals surface area contributed by atoms with Crippen molar-refractivity contribution < 1.29 is 4.79 Å². The molecule has 21 heavy (non-hydrogen) atoms. The summed E-state index contributed by atoms with van der Waals surface area (Å²) < 4.78 is 1.70. The highest BCUT2D eigenvalue weighted by atomic mass is 32.2. The fourth-order valence-electron chi connectivity index (χ4n) is 1.49. The third-order valence-corrected chi connectivity index (χ3v) is 3.64. The fraction of sp³-hybridized carbons (Fsp3) is 0.692. The average molecular weight is 310 g/mol. The van der Waals surface area contributed by atoms with Gasteiger partial charge in [-0.15, -0.1) is 11.5 Å². The minimum atomic E-state index is -0.299. The normalized spacial score (nSPS) is 12.1. The highest BCUT2D eigenvalue weighted by Gasteiger charge is 2.17. The van der Waals surface area contributed by atoms with Gasteiger partial charge >= 0.3 is 0 Å². The number of thioether (sulfide) groups is 1. The fourth-order valence-corrected chi connectivity index (χ4v) is 2.33. The quantitative estimate of drug-likeness (QED) is 0.384. The first-order chi connectivity index (χ1) is 10.0. The summed E-state index contributed by atoms with van der Waals surface area (Å²) in [7, 11) is 0. The molecule has 0 radical (unpaired) electrons. The van der Waals surface area contributed by atoms with Gasteiger partial charge in [-0.25, -0.2) is 4.68 Å². The SMILES string of the molecule is C#CCNC(=O)C(C)Sc1nnnn1CCNCC(C)C. The summed E-state index contributed by atoms with van der Waals surface area (Å²) in [6.45, 7) is 8.74. The zero-order valence-electron chi connectivity index (χ0n) is 12.7. The number of nitrogens with zero attached hydrogens (tertiary/aromatic N) is 4. The lowest BCUT2D eigenvalue weighted by molar-refractivity contribution is -0.120. The summed E-state index contributed by atoms with van der Waals surface area (Å²) >= 11 is 1.32. The number of carbonyl (C=O) groups is 1. The van der Waals surface area contributed by atoms with Gasteiger partial charge in [-0.3, -0.25) is 4.79 Å². The molecule has 1 aromatic rings. The number of nitrogens with one attached hydrogen (secondary N) is 2. The van der Waals surface area contributed by atoms with Crippen LogP contribution in [0.25, 0.3) is 0 Å². The van der Waals surface area contributed by atoms with Crippen LogP contribution in [0.4, 0.5) is 0 Å². The lowest BCUT2D eigenvalue weighted by Gasteiger charge is -2.11. The van der Waals surface area contributed by atoms with Gasteiger partial charge in [0.2, 0.25) is 11.1 Å². The minimum Gasteiger partial charge on any atom is -0.344 e. The molecule has 8 heteroatoms. The van der Waals surface area contributed by atoms with Crippen molar-refractivity contribution in [1.29, 1.82) is 0 Å². The average Bonchev–Trinajstić information content (AvgIpc) is 2.88. The molecule has 2 N–H and O–H groups in total. The van der Waals surface area contributed by atoms with Crippen molar-refractivity contribution in [3.8, 4) is 12.3 Å². The monoisotopic (exact) mass is 310 g/mol. The molecule has 0 aliphatic heterocycles. The van der Waals surface area contributed by atoms with Crippen molar-refractivity contribution in [3.05, 3.63) is 0 Å². The van der Waals surface area contributed by atoms with E-state index in [1.807, 2.05) is 0 Å². The Kier molecular flexibility index (Phi) is 7.79. The number of amides is 1. The number of aromatic nitrogens is 4. The van der Waals surface area contributed by atoms with Crippen molar-refractivity contribution in [3.63, 3.8) is 0 Å². The summed E-state index contributed by atoms with van der Waals surface area (Å²) in [5.74, 6) is 2.86. The van der Waals surface area contributed by atoms with Crippen molar-refractivity contribution in [1.82, 2.24) is 30.8 Å². The van der Waals surface area contributed by atoms with Crippen LogP contribution in [0.5, 0.6) is 0 Å². The topological polar surface area (TPSA) is 84.7 Å². The molecule has 7 nitrogen and oxygen atoms in total. The smallest absolute Gasteiger partial charge is 0.234 e. The van der Waals surface area contributed by atoms with Crippen LogP contribution in [-0.2, 0) is 11.3 Å².